The fourth-order valence-corrected chi connectivity index (χ4v) is 5.53. The second kappa shape index (κ2) is 8.07. The van der Waals surface area contributed by atoms with Crippen molar-refractivity contribution in [3.05, 3.63) is 71.5 Å². The molecule has 0 unspecified atom stereocenters. The van der Waals surface area contributed by atoms with Crippen LogP contribution in [-0.2, 0) is 27.7 Å². The lowest BCUT2D eigenvalue weighted by Crippen LogP contribution is -2.40. The molecule has 0 radical (unpaired) electrons. The van der Waals surface area contributed by atoms with E-state index in [-0.39, 0.29) is 16.9 Å². The van der Waals surface area contributed by atoms with E-state index in [2.05, 4.69) is 44.2 Å². The Morgan fingerprint density at radius 2 is 1.63 bits per heavy atom. The van der Waals surface area contributed by atoms with Crippen molar-refractivity contribution in [1.82, 2.24) is 14.9 Å². The summed E-state index contributed by atoms with van der Waals surface area (Å²) in [6.07, 6.45) is 3.80. The zero-order chi connectivity index (χ0) is 25.1. The molecule has 0 spiro atoms. The van der Waals surface area contributed by atoms with Gasteiger partial charge in [0.1, 0.15) is 0 Å². The van der Waals surface area contributed by atoms with Crippen LogP contribution in [-0.4, -0.2) is 29.7 Å². The summed E-state index contributed by atoms with van der Waals surface area (Å²) in [5.74, 6) is -0.750. The highest BCUT2D eigenvalue weighted by Crippen LogP contribution is 2.40. The number of rotatable bonds is 5. The molecule has 0 saturated heterocycles. The Hall–Kier alpha value is -3.42. The predicted octanol–water partition coefficient (Wildman–Crippen LogP) is 5.75. The summed E-state index contributed by atoms with van der Waals surface area (Å²) in [6, 6.07) is 13.9. The van der Waals surface area contributed by atoms with Crippen LogP contribution >= 0.6 is 0 Å². The first-order valence-electron chi connectivity index (χ1n) is 11.9. The third-order valence-corrected chi connectivity index (χ3v) is 12.0. The number of imide groups is 1. The van der Waals surface area contributed by atoms with E-state index in [1.54, 1.807) is 0 Å². The van der Waals surface area contributed by atoms with Gasteiger partial charge in [0.05, 0.1) is 23.3 Å². The van der Waals surface area contributed by atoms with Crippen LogP contribution in [0, 0.1) is 0 Å². The van der Waals surface area contributed by atoms with Crippen molar-refractivity contribution in [1.29, 1.82) is 0 Å². The van der Waals surface area contributed by atoms with Crippen molar-refractivity contribution in [2.45, 2.75) is 45.5 Å². The van der Waals surface area contributed by atoms with Gasteiger partial charge in [0, 0.05) is 46.9 Å². The molecule has 35 heavy (non-hydrogen) atoms. The summed E-state index contributed by atoms with van der Waals surface area (Å²) in [5, 5.41) is 4.57. The van der Waals surface area contributed by atoms with E-state index >= 15 is 0 Å². The zero-order valence-electron chi connectivity index (χ0n) is 21.1. The first-order chi connectivity index (χ1) is 16.5. The van der Waals surface area contributed by atoms with Gasteiger partial charge in [-0.3, -0.25) is 14.9 Å². The molecule has 2 N–H and O–H groups in total. The standard InChI is InChI=1S/C28H31N3O3Si/c1-28(2,3)35(5,6)34-16-18-10-8-12-21-22(18)20(15-29-21)24-23(26(32)30-27(24)33)19-11-7-9-17-13-14-31(4)25(17)19/h7-15,29H,16H2,1-6H3,(H,30,32,33). The third-order valence-electron chi connectivity index (χ3n) is 7.55. The fourth-order valence-electron chi connectivity index (χ4n) is 4.58. The number of hydrogen-bond acceptors (Lipinski definition) is 3. The zero-order valence-corrected chi connectivity index (χ0v) is 22.1. The average molecular weight is 486 g/mol. The molecule has 2 aromatic heterocycles. The first-order valence-corrected chi connectivity index (χ1v) is 14.8. The van der Waals surface area contributed by atoms with Crippen LogP contribution in [0.2, 0.25) is 18.1 Å². The second-order valence-electron chi connectivity index (χ2n) is 10.8. The summed E-state index contributed by atoms with van der Waals surface area (Å²) >= 11 is 0. The molecule has 7 heteroatoms. The summed E-state index contributed by atoms with van der Waals surface area (Å²) < 4.78 is 8.52. The number of H-pyrrole nitrogens is 1. The van der Waals surface area contributed by atoms with Gasteiger partial charge in [-0.2, -0.15) is 0 Å². The number of amides is 2. The van der Waals surface area contributed by atoms with Crippen molar-refractivity contribution in [2.75, 3.05) is 0 Å². The molecule has 6 nitrogen and oxygen atoms in total. The molecule has 1 aliphatic rings. The van der Waals surface area contributed by atoms with Crippen LogP contribution < -0.4 is 5.32 Å². The maximum atomic E-state index is 13.2. The van der Waals surface area contributed by atoms with Gasteiger partial charge in [-0.15, -0.1) is 0 Å². The molecular weight excluding hydrogens is 454 g/mol. The topological polar surface area (TPSA) is 76.1 Å². The normalized spacial score (nSPS) is 15.0. The van der Waals surface area contributed by atoms with Crippen LogP contribution in [0.15, 0.2) is 54.9 Å². The second-order valence-corrected chi connectivity index (χ2v) is 15.6. The maximum Gasteiger partial charge on any atom is 0.259 e. The molecule has 0 aliphatic carbocycles. The van der Waals surface area contributed by atoms with Crippen LogP contribution in [0.3, 0.4) is 0 Å². The smallest absolute Gasteiger partial charge is 0.259 e. The summed E-state index contributed by atoms with van der Waals surface area (Å²) in [7, 11) is -0.0345. The van der Waals surface area contributed by atoms with Crippen LogP contribution in [0.4, 0.5) is 0 Å². The number of aromatic nitrogens is 2. The fraction of sp³-hybridized carbons (Fsp3) is 0.286. The Kier molecular flexibility index (Phi) is 5.38. The quantitative estimate of drug-likeness (QED) is 0.279. The molecule has 0 atom stereocenters. The van der Waals surface area contributed by atoms with E-state index in [4.69, 9.17) is 4.43 Å². The number of nitrogens with zero attached hydrogens (tertiary/aromatic N) is 1. The molecule has 3 heterocycles. The number of carbonyl (C=O) groups is 2. The van der Waals surface area contributed by atoms with E-state index in [0.717, 1.165) is 38.5 Å². The Bertz CT molecular complexity index is 1530. The van der Waals surface area contributed by atoms with Crippen molar-refractivity contribution in [2.24, 2.45) is 7.05 Å². The molecule has 5 rings (SSSR count). The third kappa shape index (κ3) is 3.75. The van der Waals surface area contributed by atoms with Crippen molar-refractivity contribution in [3.63, 3.8) is 0 Å². The number of aromatic amines is 1. The van der Waals surface area contributed by atoms with Gasteiger partial charge in [0.2, 0.25) is 0 Å². The Morgan fingerprint density at radius 1 is 0.943 bits per heavy atom. The van der Waals surface area contributed by atoms with Crippen LogP contribution in [0.25, 0.3) is 33.0 Å². The van der Waals surface area contributed by atoms with Gasteiger partial charge >= 0.3 is 0 Å². The van der Waals surface area contributed by atoms with Crippen LogP contribution in [0.1, 0.15) is 37.5 Å². The van der Waals surface area contributed by atoms with Gasteiger partial charge in [-0.05, 0) is 35.8 Å². The number of benzene rings is 2. The maximum absolute atomic E-state index is 13.2. The van der Waals surface area contributed by atoms with E-state index in [1.165, 1.54) is 0 Å². The van der Waals surface area contributed by atoms with Gasteiger partial charge in [-0.1, -0.05) is 51.1 Å². The molecule has 180 valence electrons. The molecule has 2 aromatic carbocycles. The highest BCUT2D eigenvalue weighted by molar-refractivity contribution is 6.74. The predicted molar refractivity (Wildman–Crippen MR) is 143 cm³/mol. The van der Waals surface area contributed by atoms with Crippen molar-refractivity contribution >= 4 is 53.1 Å². The molecule has 0 saturated carbocycles. The largest absolute Gasteiger partial charge is 0.413 e. The number of carbonyl (C=O) groups excluding carboxylic acids is 2. The van der Waals surface area contributed by atoms with E-state index < -0.39 is 8.32 Å². The van der Waals surface area contributed by atoms with Gasteiger partial charge in [0.15, 0.2) is 8.32 Å². The Balaban J connectivity index is 1.70. The summed E-state index contributed by atoms with van der Waals surface area (Å²) in [6.45, 7) is 11.6. The number of aryl methyl sites for hydroxylation is 1. The highest BCUT2D eigenvalue weighted by Gasteiger charge is 2.38. The monoisotopic (exact) mass is 485 g/mol. The molecular formula is C28H31N3O3Si. The molecule has 1 aliphatic heterocycles. The highest BCUT2D eigenvalue weighted by atomic mass is 28.4. The van der Waals surface area contributed by atoms with E-state index in [0.29, 0.717) is 17.8 Å². The van der Waals surface area contributed by atoms with Gasteiger partial charge < -0.3 is 14.0 Å². The molecule has 0 fully saturated rings. The summed E-state index contributed by atoms with van der Waals surface area (Å²) in [4.78, 5) is 29.6. The minimum atomic E-state index is -1.98. The molecule has 2 amide bonds. The van der Waals surface area contributed by atoms with Gasteiger partial charge in [-0.25, -0.2) is 0 Å². The SMILES string of the molecule is Cn1ccc2cccc(C3=C(c4c[nH]c5cccc(CO[Si](C)(C)C(C)(C)C)c45)C(=O)NC3=O)c21. The number of hydrogen-bond donors (Lipinski definition) is 2. The van der Waals surface area contributed by atoms with Crippen molar-refractivity contribution in [3.8, 4) is 0 Å². The van der Waals surface area contributed by atoms with Gasteiger partial charge in [0.25, 0.3) is 11.8 Å². The number of fused-ring (bicyclic) bond motifs is 2. The lowest BCUT2D eigenvalue weighted by molar-refractivity contribution is -0.122. The minimum absolute atomic E-state index is 0.0864. The lowest BCUT2D eigenvalue weighted by atomic mass is 9.93. The number of para-hydroxylation sites is 1. The Morgan fingerprint density at radius 3 is 2.34 bits per heavy atom. The molecule has 4 aromatic rings. The van der Waals surface area contributed by atoms with E-state index in [1.807, 2.05) is 66.5 Å². The number of nitrogens with one attached hydrogen (secondary N) is 2. The lowest BCUT2D eigenvalue weighted by Gasteiger charge is -2.36. The van der Waals surface area contributed by atoms with E-state index in [9.17, 15) is 9.59 Å². The minimum Gasteiger partial charge on any atom is -0.413 e. The van der Waals surface area contributed by atoms with Crippen LogP contribution in [0.5, 0.6) is 0 Å². The Labute approximate surface area is 206 Å². The average Bonchev–Trinajstić information content (AvgIpc) is 3.46. The summed E-state index contributed by atoms with van der Waals surface area (Å²) in [5.41, 5.74) is 5.10. The molecule has 0 bridgehead atoms. The van der Waals surface area contributed by atoms with Crippen molar-refractivity contribution < 1.29 is 14.0 Å². The first kappa shape index (κ1) is 23.3.